The van der Waals surface area contributed by atoms with Crippen LogP contribution in [0.5, 0.6) is 0 Å². The maximum absolute atomic E-state index is 12.2. The zero-order valence-corrected chi connectivity index (χ0v) is 12.7. The highest BCUT2D eigenvalue weighted by atomic mass is 19.1. The summed E-state index contributed by atoms with van der Waals surface area (Å²) in [7, 11) is 0. The van der Waals surface area contributed by atoms with E-state index in [0.717, 1.165) is 26.2 Å². The molecule has 0 aliphatic carbocycles. The minimum absolute atomic E-state index is 0.220. The quantitative estimate of drug-likeness (QED) is 0.804. The Morgan fingerprint density at radius 1 is 1.15 bits per heavy atom. The van der Waals surface area contributed by atoms with Crippen LogP contribution in [-0.2, 0) is 6.54 Å². The van der Waals surface area contributed by atoms with Gasteiger partial charge in [0.25, 0.3) is 0 Å². The first kappa shape index (κ1) is 15.5. The number of piperidine rings is 1. The van der Waals surface area contributed by atoms with Crippen LogP contribution >= 0.6 is 0 Å². The molecule has 1 N–H and O–H groups in total. The molecule has 0 aromatic heterocycles. The Bertz CT molecular complexity index is 370. The zero-order valence-electron chi connectivity index (χ0n) is 12.7. The van der Waals surface area contributed by atoms with Gasteiger partial charge in [0.2, 0.25) is 0 Å². The third kappa shape index (κ3) is 4.29. The molecule has 0 unspecified atom stereocenters. The molecule has 2 atom stereocenters. The highest BCUT2D eigenvalue weighted by Crippen LogP contribution is 2.23. The fourth-order valence-electron chi connectivity index (χ4n) is 3.39. The van der Waals surface area contributed by atoms with E-state index in [9.17, 15) is 4.39 Å². The van der Waals surface area contributed by atoms with E-state index in [-0.39, 0.29) is 6.67 Å². The highest BCUT2D eigenvalue weighted by Gasteiger charge is 2.31. The number of rotatable bonds is 6. The summed E-state index contributed by atoms with van der Waals surface area (Å²) in [6, 6.07) is 11.2. The number of halogens is 1. The first-order chi connectivity index (χ1) is 9.70. The molecule has 0 amide bonds. The number of hydrogen-bond donors (Lipinski definition) is 1. The molecular weight excluding hydrogens is 251 g/mol. The molecule has 1 aliphatic heterocycles. The van der Waals surface area contributed by atoms with Crippen molar-refractivity contribution in [2.24, 2.45) is 11.8 Å². The second-order valence-electron chi connectivity index (χ2n) is 6.16. The second kappa shape index (κ2) is 7.75. The van der Waals surface area contributed by atoms with Gasteiger partial charge in [0.1, 0.15) is 0 Å². The van der Waals surface area contributed by atoms with Gasteiger partial charge in [-0.05, 0) is 30.4 Å². The molecule has 1 heterocycles. The number of nitrogens with one attached hydrogen (secondary N) is 1. The predicted molar refractivity (Wildman–Crippen MR) is 82.4 cm³/mol. The minimum atomic E-state index is -0.220. The monoisotopic (exact) mass is 278 g/mol. The molecule has 20 heavy (non-hydrogen) atoms. The van der Waals surface area contributed by atoms with Crippen molar-refractivity contribution < 1.29 is 4.39 Å². The van der Waals surface area contributed by atoms with Crippen LogP contribution in [0.1, 0.15) is 25.8 Å². The largest absolute Gasteiger partial charge is 0.313 e. The lowest BCUT2D eigenvalue weighted by Gasteiger charge is -2.42. The van der Waals surface area contributed by atoms with Gasteiger partial charge in [-0.15, -0.1) is 0 Å². The van der Waals surface area contributed by atoms with Crippen LogP contribution in [-0.4, -0.2) is 37.3 Å². The summed E-state index contributed by atoms with van der Waals surface area (Å²) in [5, 5.41) is 3.54. The number of nitrogens with zero attached hydrogens (tertiary/aromatic N) is 1. The van der Waals surface area contributed by atoms with Gasteiger partial charge >= 0.3 is 0 Å². The van der Waals surface area contributed by atoms with Crippen molar-refractivity contribution in [2.75, 3.05) is 26.3 Å². The SMILES string of the molecule is C[C@@H]1CN(Cc2ccccc2)C[C@@H](C)C1NCCCF. The van der Waals surface area contributed by atoms with Crippen molar-refractivity contribution >= 4 is 0 Å². The molecule has 0 spiro atoms. The van der Waals surface area contributed by atoms with Crippen molar-refractivity contribution in [3.63, 3.8) is 0 Å². The van der Waals surface area contributed by atoms with Crippen molar-refractivity contribution in [2.45, 2.75) is 32.9 Å². The Kier molecular flexibility index (Phi) is 5.99. The van der Waals surface area contributed by atoms with Gasteiger partial charge in [-0.1, -0.05) is 44.2 Å². The average Bonchev–Trinajstić information content (AvgIpc) is 2.43. The molecule has 1 saturated heterocycles. The van der Waals surface area contributed by atoms with E-state index in [1.807, 2.05) is 0 Å². The van der Waals surface area contributed by atoms with Crippen LogP contribution in [0.15, 0.2) is 30.3 Å². The fraction of sp³-hybridized carbons (Fsp3) is 0.647. The average molecular weight is 278 g/mol. The summed E-state index contributed by atoms with van der Waals surface area (Å²) in [6.07, 6.45) is 0.629. The molecule has 1 aromatic rings. The Hall–Kier alpha value is -0.930. The Morgan fingerprint density at radius 2 is 1.80 bits per heavy atom. The molecular formula is C17H27FN2. The smallest absolute Gasteiger partial charge is 0.0906 e. The number of alkyl halides is 1. The number of hydrogen-bond acceptors (Lipinski definition) is 2. The summed E-state index contributed by atoms with van der Waals surface area (Å²) in [4.78, 5) is 2.54. The molecule has 1 aliphatic rings. The molecule has 3 heteroatoms. The molecule has 0 saturated carbocycles. The van der Waals surface area contributed by atoms with E-state index < -0.39 is 0 Å². The molecule has 0 radical (unpaired) electrons. The highest BCUT2D eigenvalue weighted by molar-refractivity contribution is 5.14. The third-order valence-corrected chi connectivity index (χ3v) is 4.26. The number of likely N-dealkylation sites (tertiary alicyclic amines) is 1. The summed E-state index contributed by atoms with van der Waals surface area (Å²) in [6.45, 7) is 8.46. The zero-order chi connectivity index (χ0) is 14.4. The second-order valence-corrected chi connectivity index (χ2v) is 6.16. The van der Waals surface area contributed by atoms with E-state index in [1.165, 1.54) is 5.56 Å². The van der Waals surface area contributed by atoms with Gasteiger partial charge in [-0.2, -0.15) is 0 Å². The van der Waals surface area contributed by atoms with Gasteiger partial charge in [0, 0.05) is 25.7 Å². The van der Waals surface area contributed by atoms with Crippen molar-refractivity contribution in [1.29, 1.82) is 0 Å². The number of benzene rings is 1. The minimum Gasteiger partial charge on any atom is -0.313 e. The van der Waals surface area contributed by atoms with Crippen LogP contribution in [0.4, 0.5) is 4.39 Å². The summed E-state index contributed by atoms with van der Waals surface area (Å²) in [5.41, 5.74) is 1.38. The van der Waals surface area contributed by atoms with Crippen LogP contribution in [0.25, 0.3) is 0 Å². The Labute approximate surface area is 122 Å². The third-order valence-electron chi connectivity index (χ3n) is 4.26. The van der Waals surface area contributed by atoms with Crippen molar-refractivity contribution in [3.05, 3.63) is 35.9 Å². The Balaban J connectivity index is 1.85. The lowest BCUT2D eigenvalue weighted by atomic mass is 9.85. The summed E-state index contributed by atoms with van der Waals surface area (Å²) >= 11 is 0. The maximum atomic E-state index is 12.2. The molecule has 2 nitrogen and oxygen atoms in total. The van der Waals surface area contributed by atoms with Crippen LogP contribution < -0.4 is 5.32 Å². The van der Waals surface area contributed by atoms with E-state index in [2.05, 4.69) is 54.4 Å². The summed E-state index contributed by atoms with van der Waals surface area (Å²) < 4.78 is 12.2. The van der Waals surface area contributed by atoms with Crippen molar-refractivity contribution in [3.8, 4) is 0 Å². The van der Waals surface area contributed by atoms with Gasteiger partial charge in [0.05, 0.1) is 6.67 Å². The van der Waals surface area contributed by atoms with Crippen LogP contribution in [0.3, 0.4) is 0 Å². The van der Waals surface area contributed by atoms with Gasteiger partial charge in [-0.3, -0.25) is 9.29 Å². The Morgan fingerprint density at radius 3 is 2.40 bits per heavy atom. The van der Waals surface area contributed by atoms with E-state index in [4.69, 9.17) is 0 Å². The fourth-order valence-corrected chi connectivity index (χ4v) is 3.39. The lowest BCUT2D eigenvalue weighted by Crippen LogP contribution is -2.53. The van der Waals surface area contributed by atoms with E-state index in [0.29, 0.717) is 24.3 Å². The normalized spacial score (nSPS) is 24.9. The van der Waals surface area contributed by atoms with Crippen molar-refractivity contribution in [1.82, 2.24) is 10.2 Å². The van der Waals surface area contributed by atoms with Gasteiger partial charge < -0.3 is 5.32 Å². The van der Waals surface area contributed by atoms with Gasteiger partial charge in [0.15, 0.2) is 0 Å². The lowest BCUT2D eigenvalue weighted by molar-refractivity contribution is 0.0945. The summed E-state index contributed by atoms with van der Waals surface area (Å²) in [5.74, 6) is 1.23. The molecule has 0 bridgehead atoms. The molecule has 1 aromatic carbocycles. The standard InChI is InChI=1S/C17H27FN2/c1-14-11-20(13-16-7-4-3-5-8-16)12-15(2)17(14)19-10-6-9-18/h3-5,7-8,14-15,17,19H,6,9-13H2,1-2H3/t14-,15-/m1/s1. The van der Waals surface area contributed by atoms with E-state index in [1.54, 1.807) is 0 Å². The van der Waals surface area contributed by atoms with Crippen LogP contribution in [0.2, 0.25) is 0 Å². The molecule has 2 rings (SSSR count). The molecule has 1 fully saturated rings. The predicted octanol–water partition coefficient (Wildman–Crippen LogP) is 3.09. The topological polar surface area (TPSA) is 15.3 Å². The van der Waals surface area contributed by atoms with E-state index >= 15 is 0 Å². The maximum Gasteiger partial charge on any atom is 0.0906 e. The van der Waals surface area contributed by atoms with Gasteiger partial charge in [-0.25, -0.2) is 0 Å². The molecule has 112 valence electrons. The first-order valence-electron chi connectivity index (χ1n) is 7.76. The van der Waals surface area contributed by atoms with Crippen LogP contribution in [0, 0.1) is 11.8 Å². The first-order valence-corrected chi connectivity index (χ1v) is 7.76.